The van der Waals surface area contributed by atoms with Gasteiger partial charge in [0.05, 0.1) is 10.6 Å². The van der Waals surface area contributed by atoms with Gasteiger partial charge in [-0.05, 0) is 25.0 Å². The molecule has 1 saturated heterocycles. The average Bonchev–Trinajstić information content (AvgIpc) is 2.55. The van der Waals surface area contributed by atoms with Gasteiger partial charge in [-0.1, -0.05) is 11.6 Å². The second-order valence-electron chi connectivity index (χ2n) is 5.38. The number of hydrogen-bond donors (Lipinski definition) is 1. The minimum Gasteiger partial charge on any atom is -0.452 e. The molecule has 0 saturated carbocycles. The number of carbonyl (C=O) groups is 3. The fourth-order valence-corrected chi connectivity index (χ4v) is 2.62. The summed E-state index contributed by atoms with van der Waals surface area (Å²) >= 11 is 5.66. The van der Waals surface area contributed by atoms with E-state index in [1.807, 2.05) is 0 Å². The molecule has 6 nitrogen and oxygen atoms in total. The Hall–Kier alpha value is -2.22. The van der Waals surface area contributed by atoms with Crippen LogP contribution in [0.3, 0.4) is 0 Å². The molecule has 1 aliphatic rings. The molecular weight excluding hydrogens is 346 g/mol. The molecule has 1 aromatic rings. The van der Waals surface area contributed by atoms with Crippen molar-refractivity contribution in [3.63, 3.8) is 0 Å². The van der Waals surface area contributed by atoms with Crippen molar-refractivity contribution >= 4 is 29.4 Å². The Bertz CT molecular complexity index is 676. The lowest BCUT2D eigenvalue weighted by Gasteiger charge is -2.30. The molecule has 1 aromatic carbocycles. The summed E-state index contributed by atoms with van der Waals surface area (Å²) in [5.74, 6) is -4.58. The molecular formula is C15H15ClF2N2O4. The van der Waals surface area contributed by atoms with Crippen LogP contribution in [0.2, 0.25) is 5.02 Å². The number of primary amides is 1. The molecule has 0 radical (unpaired) electrons. The molecule has 9 heteroatoms. The third-order valence-electron chi connectivity index (χ3n) is 3.81. The summed E-state index contributed by atoms with van der Waals surface area (Å²) in [7, 11) is 0. The summed E-state index contributed by atoms with van der Waals surface area (Å²) in [5, 5.41) is -0.311. The lowest BCUT2D eigenvalue weighted by molar-refractivity contribution is -0.137. The first-order chi connectivity index (χ1) is 11.3. The Morgan fingerprint density at radius 1 is 1.21 bits per heavy atom. The van der Waals surface area contributed by atoms with E-state index < -0.39 is 36.0 Å². The fourth-order valence-electron chi connectivity index (χ4n) is 2.39. The van der Waals surface area contributed by atoms with Crippen molar-refractivity contribution in [1.82, 2.24) is 4.90 Å². The summed E-state index contributed by atoms with van der Waals surface area (Å²) in [6.45, 7) is 0.0985. The Balaban J connectivity index is 1.89. The Labute approximate surface area is 141 Å². The van der Waals surface area contributed by atoms with Crippen LogP contribution in [0.15, 0.2) is 12.1 Å². The number of carbonyl (C=O) groups excluding carboxylic acids is 3. The van der Waals surface area contributed by atoms with Crippen molar-refractivity contribution in [2.75, 3.05) is 19.7 Å². The first-order valence-corrected chi connectivity index (χ1v) is 7.56. The number of amides is 2. The maximum absolute atomic E-state index is 13.2. The molecule has 130 valence electrons. The number of ether oxygens (including phenoxy) is 1. The van der Waals surface area contributed by atoms with Crippen LogP contribution in [-0.4, -0.2) is 42.4 Å². The van der Waals surface area contributed by atoms with Gasteiger partial charge in [0, 0.05) is 19.0 Å². The highest BCUT2D eigenvalue weighted by Crippen LogP contribution is 2.21. The topological polar surface area (TPSA) is 89.7 Å². The summed E-state index contributed by atoms with van der Waals surface area (Å²) in [6, 6.07) is 1.27. The monoisotopic (exact) mass is 360 g/mol. The minimum atomic E-state index is -1.24. The predicted molar refractivity (Wildman–Crippen MR) is 80.1 cm³/mol. The summed E-state index contributed by atoms with van der Waals surface area (Å²) in [5.41, 5.74) is 4.84. The molecule has 0 atom stereocenters. The number of esters is 1. The van der Waals surface area contributed by atoms with Gasteiger partial charge >= 0.3 is 5.97 Å². The minimum absolute atomic E-state index is 0.266. The maximum Gasteiger partial charge on any atom is 0.340 e. The molecule has 0 aliphatic carbocycles. The number of benzene rings is 1. The number of rotatable bonds is 4. The van der Waals surface area contributed by atoms with E-state index in [1.165, 1.54) is 4.90 Å². The largest absolute Gasteiger partial charge is 0.452 e. The second kappa shape index (κ2) is 7.57. The molecule has 1 aliphatic heterocycles. The van der Waals surface area contributed by atoms with Crippen molar-refractivity contribution in [3.8, 4) is 0 Å². The molecule has 0 aromatic heterocycles. The standard InChI is InChI=1S/C15H15ClF2N2O4/c16-10-6-12(18)11(17)5-9(10)15(23)24-7-13(21)20-3-1-8(2-4-20)14(19)22/h5-6,8H,1-4,7H2,(H2,19,22). The first kappa shape index (κ1) is 18.1. The van der Waals surface area contributed by atoms with Crippen LogP contribution in [0.5, 0.6) is 0 Å². The van der Waals surface area contributed by atoms with E-state index in [0.29, 0.717) is 38.1 Å². The third-order valence-corrected chi connectivity index (χ3v) is 4.12. The van der Waals surface area contributed by atoms with E-state index in [2.05, 4.69) is 0 Å². The van der Waals surface area contributed by atoms with Gasteiger partial charge in [-0.3, -0.25) is 9.59 Å². The van der Waals surface area contributed by atoms with Gasteiger partial charge in [0.15, 0.2) is 18.2 Å². The SMILES string of the molecule is NC(=O)C1CCN(C(=O)COC(=O)c2cc(F)c(F)cc2Cl)CC1. The zero-order chi connectivity index (χ0) is 17.9. The van der Waals surface area contributed by atoms with Crippen LogP contribution < -0.4 is 5.73 Å². The van der Waals surface area contributed by atoms with Gasteiger partial charge in [0.1, 0.15) is 0 Å². The van der Waals surface area contributed by atoms with Gasteiger partial charge in [0.25, 0.3) is 5.91 Å². The molecule has 0 bridgehead atoms. The number of hydrogen-bond acceptors (Lipinski definition) is 4. The zero-order valence-corrected chi connectivity index (χ0v) is 13.3. The van der Waals surface area contributed by atoms with Crippen molar-refractivity contribution in [3.05, 3.63) is 34.4 Å². The van der Waals surface area contributed by atoms with E-state index in [-0.39, 0.29) is 16.5 Å². The Morgan fingerprint density at radius 3 is 2.38 bits per heavy atom. The predicted octanol–water partition coefficient (Wildman–Crippen LogP) is 1.50. The molecule has 0 spiro atoms. The van der Waals surface area contributed by atoms with Crippen molar-refractivity contribution in [2.45, 2.75) is 12.8 Å². The van der Waals surface area contributed by atoms with Crippen LogP contribution in [0, 0.1) is 17.6 Å². The summed E-state index contributed by atoms with van der Waals surface area (Å²) in [4.78, 5) is 36.3. The lowest BCUT2D eigenvalue weighted by atomic mass is 9.96. The molecule has 2 rings (SSSR count). The highest BCUT2D eigenvalue weighted by atomic mass is 35.5. The summed E-state index contributed by atoms with van der Waals surface area (Å²) < 4.78 is 30.9. The van der Waals surface area contributed by atoms with Crippen molar-refractivity contribution < 1.29 is 27.9 Å². The van der Waals surface area contributed by atoms with Crippen LogP contribution in [-0.2, 0) is 14.3 Å². The average molecular weight is 361 g/mol. The molecule has 1 fully saturated rings. The normalized spacial score (nSPS) is 15.2. The number of nitrogens with zero attached hydrogens (tertiary/aromatic N) is 1. The Morgan fingerprint density at radius 2 is 1.79 bits per heavy atom. The maximum atomic E-state index is 13.2. The number of nitrogens with two attached hydrogens (primary N) is 1. The number of piperidine rings is 1. The molecule has 0 unspecified atom stereocenters. The molecule has 24 heavy (non-hydrogen) atoms. The summed E-state index contributed by atoms with van der Waals surface area (Å²) in [6.07, 6.45) is 0.897. The van der Waals surface area contributed by atoms with Gasteiger partial charge < -0.3 is 15.4 Å². The van der Waals surface area contributed by atoms with Gasteiger partial charge in [0.2, 0.25) is 5.91 Å². The number of halogens is 3. The lowest BCUT2D eigenvalue weighted by Crippen LogP contribution is -2.43. The highest BCUT2D eigenvalue weighted by Gasteiger charge is 2.26. The van der Waals surface area contributed by atoms with E-state index in [9.17, 15) is 23.2 Å². The number of likely N-dealkylation sites (tertiary alicyclic amines) is 1. The van der Waals surface area contributed by atoms with E-state index in [1.54, 1.807) is 0 Å². The molecule has 2 amide bonds. The van der Waals surface area contributed by atoms with Crippen molar-refractivity contribution in [1.29, 1.82) is 0 Å². The smallest absolute Gasteiger partial charge is 0.340 e. The van der Waals surface area contributed by atoms with E-state index in [4.69, 9.17) is 22.1 Å². The first-order valence-electron chi connectivity index (χ1n) is 7.18. The van der Waals surface area contributed by atoms with Crippen LogP contribution in [0.4, 0.5) is 8.78 Å². The van der Waals surface area contributed by atoms with E-state index >= 15 is 0 Å². The third kappa shape index (κ3) is 4.19. The second-order valence-corrected chi connectivity index (χ2v) is 5.79. The quantitative estimate of drug-likeness (QED) is 0.651. The van der Waals surface area contributed by atoms with Crippen LogP contribution in [0.1, 0.15) is 23.2 Å². The fraction of sp³-hybridized carbons (Fsp3) is 0.400. The highest BCUT2D eigenvalue weighted by molar-refractivity contribution is 6.33. The van der Waals surface area contributed by atoms with Gasteiger partial charge in [-0.2, -0.15) is 0 Å². The van der Waals surface area contributed by atoms with Crippen LogP contribution >= 0.6 is 11.6 Å². The van der Waals surface area contributed by atoms with Crippen LogP contribution in [0.25, 0.3) is 0 Å². The zero-order valence-electron chi connectivity index (χ0n) is 12.6. The van der Waals surface area contributed by atoms with Crippen molar-refractivity contribution in [2.24, 2.45) is 11.7 Å². The van der Waals surface area contributed by atoms with Gasteiger partial charge in [-0.15, -0.1) is 0 Å². The Kier molecular flexibility index (Phi) is 5.71. The van der Waals surface area contributed by atoms with E-state index in [0.717, 1.165) is 0 Å². The molecule has 1 heterocycles. The van der Waals surface area contributed by atoms with Gasteiger partial charge in [-0.25, -0.2) is 13.6 Å². The molecule has 2 N–H and O–H groups in total.